The molecule has 1 aromatic rings. The lowest BCUT2D eigenvalue weighted by Crippen LogP contribution is -2.41. The topological polar surface area (TPSA) is 72.9 Å². The first-order chi connectivity index (χ1) is 8.15. The van der Waals surface area contributed by atoms with Gasteiger partial charge in [-0.25, -0.2) is 0 Å². The summed E-state index contributed by atoms with van der Waals surface area (Å²) in [5.41, 5.74) is 7.20. The van der Waals surface area contributed by atoms with E-state index in [-0.39, 0.29) is 11.9 Å². The standard InChI is InChI=1S/C12H20N4O/c1-3-10-9(7-16(2)15-10)12(17)14-11(6-13)8-4-5-8/h7-8,11H,3-6,13H2,1-2H3,(H,14,17). The maximum absolute atomic E-state index is 12.1. The van der Waals surface area contributed by atoms with Crippen LogP contribution in [0.25, 0.3) is 0 Å². The second kappa shape index (κ2) is 4.87. The minimum Gasteiger partial charge on any atom is -0.348 e. The Morgan fingerprint density at radius 1 is 1.71 bits per heavy atom. The van der Waals surface area contributed by atoms with E-state index in [0.29, 0.717) is 18.0 Å². The van der Waals surface area contributed by atoms with Crippen molar-refractivity contribution in [3.05, 3.63) is 17.5 Å². The van der Waals surface area contributed by atoms with Crippen LogP contribution in [0, 0.1) is 5.92 Å². The van der Waals surface area contributed by atoms with E-state index in [1.165, 1.54) is 12.8 Å². The number of rotatable bonds is 5. The SMILES string of the molecule is CCc1nn(C)cc1C(=O)NC(CN)C1CC1. The van der Waals surface area contributed by atoms with Crippen molar-refractivity contribution < 1.29 is 4.79 Å². The molecule has 1 aliphatic carbocycles. The Morgan fingerprint density at radius 3 is 2.94 bits per heavy atom. The zero-order chi connectivity index (χ0) is 12.4. The number of nitrogens with one attached hydrogen (secondary N) is 1. The smallest absolute Gasteiger partial charge is 0.255 e. The molecule has 0 saturated heterocycles. The van der Waals surface area contributed by atoms with Crippen LogP contribution in [0.15, 0.2) is 6.20 Å². The fraction of sp³-hybridized carbons (Fsp3) is 0.667. The van der Waals surface area contributed by atoms with Gasteiger partial charge >= 0.3 is 0 Å². The van der Waals surface area contributed by atoms with Gasteiger partial charge in [0.25, 0.3) is 5.91 Å². The number of hydrogen-bond acceptors (Lipinski definition) is 3. The molecule has 1 aromatic heterocycles. The first-order valence-corrected chi connectivity index (χ1v) is 6.19. The van der Waals surface area contributed by atoms with Crippen molar-refractivity contribution in [1.82, 2.24) is 15.1 Å². The quantitative estimate of drug-likeness (QED) is 0.779. The Kier molecular flexibility index (Phi) is 3.47. The lowest BCUT2D eigenvalue weighted by atomic mass is 10.1. The summed E-state index contributed by atoms with van der Waals surface area (Å²) in [5.74, 6) is 0.531. The van der Waals surface area contributed by atoms with Gasteiger partial charge in [0, 0.05) is 25.8 Å². The first kappa shape index (κ1) is 12.1. The number of nitrogens with two attached hydrogens (primary N) is 1. The zero-order valence-corrected chi connectivity index (χ0v) is 10.4. The molecule has 0 aromatic carbocycles. The highest BCUT2D eigenvalue weighted by Gasteiger charge is 2.31. The Hall–Kier alpha value is -1.36. The van der Waals surface area contributed by atoms with Crippen LogP contribution in [0.4, 0.5) is 0 Å². The molecule has 94 valence electrons. The summed E-state index contributed by atoms with van der Waals surface area (Å²) in [7, 11) is 1.83. The van der Waals surface area contributed by atoms with Gasteiger partial charge in [-0.2, -0.15) is 5.10 Å². The third kappa shape index (κ3) is 2.66. The largest absolute Gasteiger partial charge is 0.348 e. The number of carbonyl (C=O) groups is 1. The van der Waals surface area contributed by atoms with E-state index >= 15 is 0 Å². The molecule has 1 fully saturated rings. The van der Waals surface area contributed by atoms with E-state index in [0.717, 1.165) is 12.1 Å². The molecule has 5 nitrogen and oxygen atoms in total. The molecule has 0 aliphatic heterocycles. The highest BCUT2D eigenvalue weighted by Crippen LogP contribution is 2.32. The Balaban J connectivity index is 2.07. The molecule has 0 spiro atoms. The molecule has 1 aliphatic rings. The van der Waals surface area contributed by atoms with Crippen LogP contribution >= 0.6 is 0 Å². The third-order valence-corrected chi connectivity index (χ3v) is 3.25. The predicted octanol–water partition coefficient (Wildman–Crippen LogP) is 0.450. The fourth-order valence-corrected chi connectivity index (χ4v) is 2.10. The molecule has 1 saturated carbocycles. The molecule has 1 atom stereocenters. The summed E-state index contributed by atoms with van der Waals surface area (Å²) < 4.78 is 1.68. The van der Waals surface area contributed by atoms with Crippen LogP contribution in [0.2, 0.25) is 0 Å². The van der Waals surface area contributed by atoms with Gasteiger partial charge in [0.05, 0.1) is 11.3 Å². The van der Waals surface area contributed by atoms with E-state index < -0.39 is 0 Å². The molecule has 0 radical (unpaired) electrons. The van der Waals surface area contributed by atoms with E-state index in [1.54, 1.807) is 10.9 Å². The number of nitrogens with zero attached hydrogens (tertiary/aromatic N) is 2. The minimum atomic E-state index is -0.0442. The van der Waals surface area contributed by atoms with Crippen molar-refractivity contribution in [3.8, 4) is 0 Å². The number of carbonyl (C=O) groups excluding carboxylic acids is 1. The Morgan fingerprint density at radius 2 is 2.41 bits per heavy atom. The summed E-state index contributed by atoms with van der Waals surface area (Å²) >= 11 is 0. The van der Waals surface area contributed by atoms with Crippen molar-refractivity contribution in [2.75, 3.05) is 6.54 Å². The maximum Gasteiger partial charge on any atom is 0.255 e. The van der Waals surface area contributed by atoms with E-state index in [2.05, 4.69) is 10.4 Å². The molecular formula is C12H20N4O. The summed E-state index contributed by atoms with van der Waals surface area (Å²) in [4.78, 5) is 12.1. The van der Waals surface area contributed by atoms with Crippen molar-refractivity contribution in [3.63, 3.8) is 0 Å². The number of aromatic nitrogens is 2. The molecule has 3 N–H and O–H groups in total. The molecule has 5 heteroatoms. The first-order valence-electron chi connectivity index (χ1n) is 6.19. The number of aryl methyl sites for hydroxylation is 2. The molecule has 1 unspecified atom stereocenters. The van der Waals surface area contributed by atoms with Crippen LogP contribution in [0.1, 0.15) is 35.8 Å². The van der Waals surface area contributed by atoms with Gasteiger partial charge in [0.2, 0.25) is 0 Å². The van der Waals surface area contributed by atoms with Crippen molar-refractivity contribution in [2.45, 2.75) is 32.2 Å². The maximum atomic E-state index is 12.1. The van der Waals surface area contributed by atoms with Gasteiger partial charge in [-0.1, -0.05) is 6.92 Å². The second-order valence-electron chi connectivity index (χ2n) is 4.67. The Labute approximate surface area is 101 Å². The molecular weight excluding hydrogens is 216 g/mol. The average molecular weight is 236 g/mol. The third-order valence-electron chi connectivity index (χ3n) is 3.25. The lowest BCUT2D eigenvalue weighted by molar-refractivity contribution is 0.0932. The molecule has 2 rings (SSSR count). The van der Waals surface area contributed by atoms with E-state index in [1.807, 2.05) is 14.0 Å². The van der Waals surface area contributed by atoms with Crippen molar-refractivity contribution in [1.29, 1.82) is 0 Å². The molecule has 17 heavy (non-hydrogen) atoms. The summed E-state index contributed by atoms with van der Waals surface area (Å²) in [6.45, 7) is 2.51. The second-order valence-corrected chi connectivity index (χ2v) is 4.67. The van der Waals surface area contributed by atoms with Crippen LogP contribution in [-0.4, -0.2) is 28.3 Å². The van der Waals surface area contributed by atoms with Gasteiger partial charge < -0.3 is 11.1 Å². The Bertz CT molecular complexity index is 409. The number of hydrogen-bond donors (Lipinski definition) is 2. The van der Waals surface area contributed by atoms with Crippen LogP contribution < -0.4 is 11.1 Å². The summed E-state index contributed by atoms with van der Waals surface area (Å²) in [6.07, 6.45) is 4.89. The van der Waals surface area contributed by atoms with Crippen LogP contribution in [0.3, 0.4) is 0 Å². The van der Waals surface area contributed by atoms with Gasteiger partial charge in [0.15, 0.2) is 0 Å². The van der Waals surface area contributed by atoms with Crippen LogP contribution in [0.5, 0.6) is 0 Å². The highest BCUT2D eigenvalue weighted by molar-refractivity contribution is 5.95. The van der Waals surface area contributed by atoms with Crippen LogP contribution in [-0.2, 0) is 13.5 Å². The number of amides is 1. The van der Waals surface area contributed by atoms with E-state index in [4.69, 9.17) is 5.73 Å². The monoisotopic (exact) mass is 236 g/mol. The van der Waals surface area contributed by atoms with Crippen molar-refractivity contribution >= 4 is 5.91 Å². The van der Waals surface area contributed by atoms with Gasteiger partial charge in [0.1, 0.15) is 0 Å². The normalized spacial score (nSPS) is 16.9. The van der Waals surface area contributed by atoms with Gasteiger partial charge in [-0.3, -0.25) is 9.48 Å². The predicted molar refractivity (Wildman–Crippen MR) is 65.6 cm³/mol. The lowest BCUT2D eigenvalue weighted by Gasteiger charge is -2.15. The van der Waals surface area contributed by atoms with Gasteiger partial charge in [-0.05, 0) is 25.2 Å². The minimum absolute atomic E-state index is 0.0442. The van der Waals surface area contributed by atoms with Gasteiger partial charge in [-0.15, -0.1) is 0 Å². The molecule has 0 bridgehead atoms. The average Bonchev–Trinajstić information content (AvgIpc) is 3.08. The highest BCUT2D eigenvalue weighted by atomic mass is 16.1. The summed E-state index contributed by atoms with van der Waals surface area (Å²) in [6, 6.07) is 0.118. The summed E-state index contributed by atoms with van der Waals surface area (Å²) in [5, 5.41) is 7.28. The molecule has 1 amide bonds. The van der Waals surface area contributed by atoms with Crippen molar-refractivity contribution in [2.24, 2.45) is 18.7 Å². The zero-order valence-electron chi connectivity index (χ0n) is 10.4. The molecule has 1 heterocycles. The fourth-order valence-electron chi connectivity index (χ4n) is 2.10. The van der Waals surface area contributed by atoms with E-state index in [9.17, 15) is 4.79 Å².